The monoisotopic (exact) mass is 595 g/mol. The highest BCUT2D eigenvalue weighted by atomic mass is 16.7. The van der Waals surface area contributed by atoms with Crippen LogP contribution >= 0.6 is 0 Å². The van der Waals surface area contributed by atoms with E-state index in [1.807, 2.05) is 0 Å². The normalized spacial score (nSPS) is 34.7. The molecule has 228 valence electrons. The van der Waals surface area contributed by atoms with Crippen LogP contribution in [0.4, 0.5) is 0 Å². The number of aliphatic hydroxyl groups excluding tert-OH is 1. The first kappa shape index (κ1) is 28.4. The van der Waals surface area contributed by atoms with Crippen molar-refractivity contribution in [3.05, 3.63) is 51.6 Å². The highest BCUT2D eigenvalue weighted by Gasteiger charge is 2.57. The molecule has 12 heteroatoms. The topological polar surface area (TPSA) is 172 Å². The minimum Gasteiger partial charge on any atom is -0.507 e. The van der Waals surface area contributed by atoms with Crippen molar-refractivity contribution < 1.29 is 53.8 Å². The summed E-state index contributed by atoms with van der Waals surface area (Å²) in [5.74, 6) is -3.10. The maximum Gasteiger partial charge on any atom is 0.202 e. The second-order valence-electron chi connectivity index (χ2n) is 12.1. The third kappa shape index (κ3) is 3.94. The molecule has 0 saturated carbocycles. The number of Topliss-reactive ketones (excluding diaryl/α,β-unsaturated/α-hetero) is 1. The van der Waals surface area contributed by atoms with Gasteiger partial charge >= 0.3 is 0 Å². The molecular weight excluding hydrogens is 562 g/mol. The summed E-state index contributed by atoms with van der Waals surface area (Å²) in [5.41, 5.74) is -2.97. The van der Waals surface area contributed by atoms with E-state index < -0.39 is 88.7 Å². The molecule has 6 unspecified atom stereocenters. The Labute approximate surface area is 246 Å². The van der Waals surface area contributed by atoms with E-state index in [0.717, 1.165) is 12.8 Å². The number of carbonyl (C=O) groups is 3. The molecular formula is C31H33NO11. The van der Waals surface area contributed by atoms with E-state index in [0.29, 0.717) is 6.54 Å². The number of fused-ring (bicyclic) bond motifs is 6. The predicted octanol–water partition coefficient (Wildman–Crippen LogP) is 1.50. The third-order valence-electron chi connectivity index (χ3n) is 9.75. The van der Waals surface area contributed by atoms with Crippen LogP contribution in [0, 0.1) is 0 Å². The van der Waals surface area contributed by atoms with Crippen LogP contribution in [0.2, 0.25) is 0 Å². The summed E-state index contributed by atoms with van der Waals surface area (Å²) in [6, 6.07) is 3.96. The molecule has 12 nitrogen and oxygen atoms in total. The summed E-state index contributed by atoms with van der Waals surface area (Å²) >= 11 is 0. The minimum atomic E-state index is -2.01. The number of benzene rings is 2. The van der Waals surface area contributed by atoms with Crippen molar-refractivity contribution in [2.75, 3.05) is 13.7 Å². The number of phenols is 2. The third-order valence-corrected chi connectivity index (χ3v) is 9.75. The fourth-order valence-corrected chi connectivity index (χ4v) is 7.51. The van der Waals surface area contributed by atoms with Crippen LogP contribution in [-0.4, -0.2) is 98.8 Å². The summed E-state index contributed by atoms with van der Waals surface area (Å²) in [7, 11) is 1.35. The zero-order chi connectivity index (χ0) is 30.5. The fraction of sp³-hybridized carbons (Fsp3) is 0.516. The Morgan fingerprint density at radius 2 is 1.84 bits per heavy atom. The molecule has 0 radical (unpaired) electrons. The van der Waals surface area contributed by atoms with Gasteiger partial charge in [-0.25, -0.2) is 0 Å². The van der Waals surface area contributed by atoms with Crippen LogP contribution in [-0.2, 0) is 25.4 Å². The van der Waals surface area contributed by atoms with Gasteiger partial charge < -0.3 is 39.4 Å². The molecule has 0 aromatic heterocycles. The van der Waals surface area contributed by atoms with Gasteiger partial charge in [0.1, 0.15) is 41.3 Å². The van der Waals surface area contributed by atoms with Crippen LogP contribution in [0.25, 0.3) is 0 Å². The molecule has 0 amide bonds. The van der Waals surface area contributed by atoms with E-state index in [1.165, 1.54) is 32.2 Å². The maximum atomic E-state index is 13.9. The number of hydrogen-bond acceptors (Lipinski definition) is 12. The molecule has 0 bridgehead atoms. The van der Waals surface area contributed by atoms with E-state index >= 15 is 0 Å². The number of carbonyl (C=O) groups excluding carboxylic acids is 3. The van der Waals surface area contributed by atoms with Gasteiger partial charge in [-0.15, -0.1) is 0 Å². The quantitative estimate of drug-likeness (QED) is 0.321. The number of methoxy groups -OCH3 is 1. The average Bonchev–Trinajstić information content (AvgIpc) is 3.57. The number of hydrogen-bond donors (Lipinski definition) is 4. The van der Waals surface area contributed by atoms with Crippen molar-refractivity contribution in [3.63, 3.8) is 0 Å². The maximum absolute atomic E-state index is 13.9. The Kier molecular flexibility index (Phi) is 6.48. The summed E-state index contributed by atoms with van der Waals surface area (Å²) < 4.78 is 24.1. The van der Waals surface area contributed by atoms with Gasteiger partial charge in [0.2, 0.25) is 5.78 Å². The molecule has 0 spiro atoms. The van der Waals surface area contributed by atoms with E-state index in [1.54, 1.807) is 6.92 Å². The lowest BCUT2D eigenvalue weighted by molar-refractivity contribution is -0.277. The zero-order valence-corrected chi connectivity index (χ0v) is 23.9. The summed E-state index contributed by atoms with van der Waals surface area (Å²) in [6.07, 6.45) is -3.80. The molecule has 2 aromatic carbocycles. The largest absolute Gasteiger partial charge is 0.507 e. The molecule has 3 fully saturated rings. The SMILES string of the molecule is COc1cccc2c1C(=O)c1c(O)c3c(c(O)c1C2=O)C[C@@](O)(C(C)=O)C[C@@H]3OC1OC(C)C(O)C2OC3CCCN3C12. The average molecular weight is 596 g/mol. The van der Waals surface area contributed by atoms with Crippen molar-refractivity contribution >= 4 is 17.3 Å². The Hall–Kier alpha value is -3.39. The van der Waals surface area contributed by atoms with Crippen LogP contribution in [0.5, 0.6) is 17.2 Å². The van der Waals surface area contributed by atoms with Crippen molar-refractivity contribution in [1.82, 2.24) is 4.90 Å². The number of nitrogens with zero attached hydrogens (tertiary/aromatic N) is 1. The number of ketones is 3. The van der Waals surface area contributed by atoms with Gasteiger partial charge in [0, 0.05) is 36.1 Å². The van der Waals surface area contributed by atoms with Crippen molar-refractivity contribution in [3.8, 4) is 17.2 Å². The lowest BCUT2D eigenvalue weighted by Gasteiger charge is -2.45. The lowest BCUT2D eigenvalue weighted by Crippen LogP contribution is -2.60. The number of aliphatic hydroxyl groups is 2. The van der Waals surface area contributed by atoms with Gasteiger partial charge in [0.25, 0.3) is 0 Å². The molecule has 2 aliphatic carbocycles. The standard InChI is InChI=1S/C31H33NO11/c1-12-24(34)29-23(32-9-5-8-18(32)43-29)30(41-12)42-17-11-31(39,13(2)33)10-15-20(17)28(38)22-21(26(15)36)25(35)14-6-4-7-16(40-3)19(14)27(22)37/h4,6-7,12,17-18,23-24,29-30,34,36,38-39H,5,8-11H2,1-3H3/t12?,17-,18?,23?,24?,29?,30?,31-/m0/s1. The van der Waals surface area contributed by atoms with E-state index in [9.17, 15) is 34.8 Å². The van der Waals surface area contributed by atoms with Gasteiger partial charge in [-0.1, -0.05) is 12.1 Å². The fourth-order valence-electron chi connectivity index (χ4n) is 7.51. The number of phenolic OH excluding ortho intramolecular Hbond substituents is 2. The molecule has 5 aliphatic rings. The van der Waals surface area contributed by atoms with Crippen LogP contribution in [0.1, 0.15) is 82.2 Å². The summed E-state index contributed by atoms with van der Waals surface area (Å²) in [4.78, 5) is 42.3. The molecule has 3 aliphatic heterocycles. The van der Waals surface area contributed by atoms with Gasteiger partial charge in [-0.2, -0.15) is 0 Å². The van der Waals surface area contributed by atoms with Crippen molar-refractivity contribution in [2.24, 2.45) is 0 Å². The number of aromatic hydroxyl groups is 2. The highest BCUT2D eigenvalue weighted by molar-refractivity contribution is 6.31. The first-order valence-electron chi connectivity index (χ1n) is 14.5. The Balaban J connectivity index is 1.37. The number of ether oxygens (including phenoxy) is 4. The molecule has 2 aromatic rings. The van der Waals surface area contributed by atoms with E-state index in [4.69, 9.17) is 18.9 Å². The van der Waals surface area contributed by atoms with Crippen molar-refractivity contribution in [1.29, 1.82) is 0 Å². The second kappa shape index (κ2) is 9.81. The first-order chi connectivity index (χ1) is 20.5. The molecule has 43 heavy (non-hydrogen) atoms. The molecule has 7 rings (SSSR count). The first-order valence-corrected chi connectivity index (χ1v) is 14.5. The molecule has 3 heterocycles. The van der Waals surface area contributed by atoms with Crippen molar-refractivity contribution in [2.45, 2.75) is 88.1 Å². The van der Waals surface area contributed by atoms with Crippen LogP contribution < -0.4 is 4.74 Å². The number of rotatable bonds is 4. The Morgan fingerprint density at radius 3 is 2.56 bits per heavy atom. The highest BCUT2D eigenvalue weighted by Crippen LogP contribution is 2.53. The van der Waals surface area contributed by atoms with Gasteiger partial charge in [0.05, 0.1) is 42.0 Å². The summed E-state index contributed by atoms with van der Waals surface area (Å²) in [6.45, 7) is 3.57. The van der Waals surface area contributed by atoms with Crippen LogP contribution in [0.15, 0.2) is 18.2 Å². The zero-order valence-electron chi connectivity index (χ0n) is 23.9. The minimum absolute atomic E-state index is 0.00691. The molecule has 4 N–H and O–H groups in total. The predicted molar refractivity (Wildman–Crippen MR) is 146 cm³/mol. The van der Waals surface area contributed by atoms with Gasteiger partial charge in [-0.3, -0.25) is 19.3 Å². The molecule has 8 atom stereocenters. The van der Waals surface area contributed by atoms with E-state index in [2.05, 4.69) is 4.90 Å². The van der Waals surface area contributed by atoms with E-state index in [-0.39, 0.29) is 40.7 Å². The van der Waals surface area contributed by atoms with Gasteiger partial charge in [-0.05, 0) is 32.8 Å². The Morgan fingerprint density at radius 1 is 1.09 bits per heavy atom. The second-order valence-corrected chi connectivity index (χ2v) is 12.1. The van der Waals surface area contributed by atoms with Crippen LogP contribution in [0.3, 0.4) is 0 Å². The lowest BCUT2D eigenvalue weighted by atomic mass is 9.72. The molecule has 3 saturated heterocycles. The smallest absolute Gasteiger partial charge is 0.202 e. The summed E-state index contributed by atoms with van der Waals surface area (Å²) in [5, 5.41) is 45.6. The van der Waals surface area contributed by atoms with Gasteiger partial charge in [0.15, 0.2) is 17.9 Å². The Bertz CT molecular complexity index is 1570.